The highest BCUT2D eigenvalue weighted by Crippen LogP contribution is 2.39. The summed E-state index contributed by atoms with van der Waals surface area (Å²) in [6, 6.07) is 0. The fraction of sp³-hybridized carbons (Fsp3) is 0.917. The minimum absolute atomic E-state index is 0.0837. The van der Waals surface area contributed by atoms with E-state index in [0.29, 0.717) is 12.2 Å². The van der Waals surface area contributed by atoms with Gasteiger partial charge in [0.15, 0.2) is 0 Å². The van der Waals surface area contributed by atoms with Crippen LogP contribution in [0.2, 0.25) is 0 Å². The predicted octanol–water partition coefficient (Wildman–Crippen LogP) is 2.95. The second kappa shape index (κ2) is 4.92. The van der Waals surface area contributed by atoms with Crippen molar-refractivity contribution in [2.75, 3.05) is 7.11 Å². The Kier molecular flexibility index (Phi) is 4.11. The fourth-order valence-electron chi connectivity index (χ4n) is 2.23. The van der Waals surface area contributed by atoms with Gasteiger partial charge in [0.05, 0.1) is 5.60 Å². The van der Waals surface area contributed by atoms with Crippen LogP contribution in [0.5, 0.6) is 0 Å². The summed E-state index contributed by atoms with van der Waals surface area (Å²) in [5.41, 5.74) is -0.0837. The van der Waals surface area contributed by atoms with Crippen LogP contribution in [0.1, 0.15) is 52.4 Å². The SMILES string of the molecule is CCC(CC)C(=O)CC1(OC)CCC1. The van der Waals surface area contributed by atoms with Crippen LogP contribution in [0.4, 0.5) is 0 Å². The van der Waals surface area contributed by atoms with E-state index in [0.717, 1.165) is 25.7 Å². The molecule has 0 aliphatic heterocycles. The molecule has 0 amide bonds. The molecule has 1 fully saturated rings. The van der Waals surface area contributed by atoms with Crippen molar-refractivity contribution in [3.05, 3.63) is 0 Å². The summed E-state index contributed by atoms with van der Waals surface area (Å²) in [5, 5.41) is 0. The quantitative estimate of drug-likeness (QED) is 0.656. The number of carbonyl (C=O) groups excluding carboxylic acids is 1. The fourth-order valence-corrected chi connectivity index (χ4v) is 2.23. The molecule has 1 aliphatic carbocycles. The molecule has 1 aliphatic rings. The Morgan fingerprint density at radius 3 is 2.21 bits per heavy atom. The first kappa shape index (κ1) is 11.7. The smallest absolute Gasteiger partial charge is 0.138 e. The van der Waals surface area contributed by atoms with Crippen molar-refractivity contribution in [2.45, 2.75) is 58.0 Å². The Bertz CT molecular complexity index is 185. The van der Waals surface area contributed by atoms with Crippen molar-refractivity contribution < 1.29 is 9.53 Å². The Morgan fingerprint density at radius 1 is 1.36 bits per heavy atom. The van der Waals surface area contributed by atoms with Crippen molar-refractivity contribution in [3.8, 4) is 0 Å². The molecule has 1 rings (SSSR count). The first-order chi connectivity index (χ1) is 6.67. The summed E-state index contributed by atoms with van der Waals surface area (Å²) in [6.07, 6.45) is 5.91. The van der Waals surface area contributed by atoms with E-state index >= 15 is 0 Å². The zero-order chi connectivity index (χ0) is 10.6. The number of ether oxygens (including phenoxy) is 1. The molecule has 0 radical (unpaired) electrons. The second-order valence-electron chi connectivity index (χ2n) is 4.40. The molecule has 2 nitrogen and oxygen atoms in total. The molecule has 1 saturated carbocycles. The van der Waals surface area contributed by atoms with E-state index in [2.05, 4.69) is 13.8 Å². The molecule has 14 heavy (non-hydrogen) atoms. The summed E-state index contributed by atoms with van der Waals surface area (Å²) >= 11 is 0. The average Bonchev–Trinajstić information content (AvgIpc) is 2.13. The van der Waals surface area contributed by atoms with Gasteiger partial charge >= 0.3 is 0 Å². The van der Waals surface area contributed by atoms with Crippen LogP contribution in [0, 0.1) is 5.92 Å². The van der Waals surface area contributed by atoms with Gasteiger partial charge in [-0.15, -0.1) is 0 Å². The molecule has 0 unspecified atom stereocenters. The summed E-state index contributed by atoms with van der Waals surface area (Å²) in [5.74, 6) is 0.652. The number of ketones is 1. The summed E-state index contributed by atoms with van der Waals surface area (Å²) in [6.45, 7) is 4.18. The number of rotatable bonds is 6. The number of Topliss-reactive ketones (excluding diaryl/α,β-unsaturated/α-hetero) is 1. The Balaban J connectivity index is 2.46. The highest BCUT2D eigenvalue weighted by molar-refractivity contribution is 5.82. The van der Waals surface area contributed by atoms with Crippen molar-refractivity contribution in [3.63, 3.8) is 0 Å². The van der Waals surface area contributed by atoms with Crippen LogP contribution in [0.15, 0.2) is 0 Å². The Hall–Kier alpha value is -0.370. The highest BCUT2D eigenvalue weighted by atomic mass is 16.5. The molecule has 0 heterocycles. The minimum atomic E-state index is -0.0837. The predicted molar refractivity (Wildman–Crippen MR) is 57.3 cm³/mol. The molecule has 0 saturated heterocycles. The van der Waals surface area contributed by atoms with Gasteiger partial charge in [-0.2, -0.15) is 0 Å². The zero-order valence-electron chi connectivity index (χ0n) is 9.64. The van der Waals surface area contributed by atoms with E-state index in [1.54, 1.807) is 7.11 Å². The van der Waals surface area contributed by atoms with Crippen LogP contribution in [0.3, 0.4) is 0 Å². The normalized spacial score (nSPS) is 19.4. The third kappa shape index (κ3) is 2.35. The van der Waals surface area contributed by atoms with E-state index in [4.69, 9.17) is 4.74 Å². The van der Waals surface area contributed by atoms with Gasteiger partial charge in [0, 0.05) is 19.4 Å². The van der Waals surface area contributed by atoms with E-state index in [1.807, 2.05) is 0 Å². The molecule has 0 spiro atoms. The van der Waals surface area contributed by atoms with Crippen LogP contribution >= 0.6 is 0 Å². The lowest BCUT2D eigenvalue weighted by Gasteiger charge is -2.40. The Morgan fingerprint density at radius 2 is 1.93 bits per heavy atom. The molecular weight excluding hydrogens is 176 g/mol. The topological polar surface area (TPSA) is 26.3 Å². The number of carbonyl (C=O) groups is 1. The lowest BCUT2D eigenvalue weighted by Crippen LogP contribution is -2.42. The van der Waals surface area contributed by atoms with Gasteiger partial charge in [0.2, 0.25) is 0 Å². The highest BCUT2D eigenvalue weighted by Gasteiger charge is 2.39. The van der Waals surface area contributed by atoms with Crippen LogP contribution in [0.25, 0.3) is 0 Å². The maximum Gasteiger partial charge on any atom is 0.138 e. The van der Waals surface area contributed by atoms with Crippen LogP contribution in [-0.2, 0) is 9.53 Å². The molecule has 0 aromatic heterocycles. The molecular formula is C12H22O2. The molecule has 0 bridgehead atoms. The van der Waals surface area contributed by atoms with Crippen molar-refractivity contribution in [1.82, 2.24) is 0 Å². The van der Waals surface area contributed by atoms with Crippen molar-refractivity contribution >= 4 is 5.78 Å². The van der Waals surface area contributed by atoms with Crippen LogP contribution in [-0.4, -0.2) is 18.5 Å². The van der Waals surface area contributed by atoms with E-state index < -0.39 is 0 Å². The lowest BCUT2D eigenvalue weighted by molar-refractivity contribution is -0.136. The molecule has 0 atom stereocenters. The Labute approximate surface area is 87.0 Å². The largest absolute Gasteiger partial charge is 0.378 e. The minimum Gasteiger partial charge on any atom is -0.378 e. The average molecular weight is 198 g/mol. The number of hydrogen-bond donors (Lipinski definition) is 0. The summed E-state index contributed by atoms with van der Waals surface area (Å²) < 4.78 is 5.46. The number of hydrogen-bond acceptors (Lipinski definition) is 2. The summed E-state index contributed by atoms with van der Waals surface area (Å²) in [4.78, 5) is 11.9. The van der Waals surface area contributed by atoms with Gasteiger partial charge < -0.3 is 4.74 Å². The third-order valence-electron chi connectivity index (χ3n) is 3.64. The first-order valence-corrected chi connectivity index (χ1v) is 5.75. The molecule has 0 aromatic carbocycles. The van der Waals surface area contributed by atoms with E-state index in [-0.39, 0.29) is 11.5 Å². The van der Waals surface area contributed by atoms with Gasteiger partial charge in [-0.05, 0) is 32.1 Å². The zero-order valence-corrected chi connectivity index (χ0v) is 9.64. The standard InChI is InChI=1S/C12H22O2/c1-4-10(5-2)11(13)9-12(14-3)7-6-8-12/h10H,4-9H2,1-3H3. The number of methoxy groups -OCH3 is 1. The van der Waals surface area contributed by atoms with E-state index in [9.17, 15) is 4.79 Å². The van der Waals surface area contributed by atoms with Gasteiger partial charge in [0.25, 0.3) is 0 Å². The molecule has 0 N–H and O–H groups in total. The van der Waals surface area contributed by atoms with Gasteiger partial charge in [0.1, 0.15) is 5.78 Å². The summed E-state index contributed by atoms with van der Waals surface area (Å²) in [7, 11) is 1.74. The van der Waals surface area contributed by atoms with E-state index in [1.165, 1.54) is 6.42 Å². The van der Waals surface area contributed by atoms with Gasteiger partial charge in [-0.3, -0.25) is 4.79 Å². The van der Waals surface area contributed by atoms with Gasteiger partial charge in [-0.25, -0.2) is 0 Å². The lowest BCUT2D eigenvalue weighted by atomic mass is 9.74. The van der Waals surface area contributed by atoms with Crippen molar-refractivity contribution in [2.24, 2.45) is 5.92 Å². The molecule has 0 aromatic rings. The monoisotopic (exact) mass is 198 g/mol. The molecule has 2 heteroatoms. The second-order valence-corrected chi connectivity index (χ2v) is 4.40. The third-order valence-corrected chi connectivity index (χ3v) is 3.64. The van der Waals surface area contributed by atoms with Gasteiger partial charge in [-0.1, -0.05) is 13.8 Å². The first-order valence-electron chi connectivity index (χ1n) is 5.75. The van der Waals surface area contributed by atoms with Crippen LogP contribution < -0.4 is 0 Å². The maximum absolute atomic E-state index is 11.9. The van der Waals surface area contributed by atoms with Crippen molar-refractivity contribution in [1.29, 1.82) is 0 Å². The maximum atomic E-state index is 11.9. The molecule has 82 valence electrons.